The van der Waals surface area contributed by atoms with Crippen molar-refractivity contribution in [3.05, 3.63) is 54.6 Å². The van der Waals surface area contributed by atoms with E-state index in [1.165, 1.54) is 0 Å². The molecule has 0 saturated carbocycles. The molecule has 1 N–H and O–H groups in total. The number of hydrogen-bond acceptors (Lipinski definition) is 5. The number of benzene rings is 2. The minimum absolute atomic E-state index is 0.387. The van der Waals surface area contributed by atoms with Gasteiger partial charge in [-0.15, -0.1) is 0 Å². The van der Waals surface area contributed by atoms with E-state index in [9.17, 15) is 9.59 Å². The first kappa shape index (κ1) is 15.9. The molecule has 1 aliphatic heterocycles. The van der Waals surface area contributed by atoms with Crippen molar-refractivity contribution in [1.82, 2.24) is 0 Å². The molecule has 2 atom stereocenters. The van der Waals surface area contributed by atoms with Gasteiger partial charge < -0.3 is 19.5 Å². The van der Waals surface area contributed by atoms with Crippen molar-refractivity contribution >= 4 is 17.6 Å². The first-order valence-corrected chi connectivity index (χ1v) is 7.57. The molecule has 1 heterocycles. The van der Waals surface area contributed by atoms with Crippen molar-refractivity contribution in [2.75, 3.05) is 11.9 Å². The van der Waals surface area contributed by atoms with E-state index in [0.717, 1.165) is 0 Å². The minimum atomic E-state index is -0.913. The van der Waals surface area contributed by atoms with E-state index in [1.54, 1.807) is 49.4 Å². The van der Waals surface area contributed by atoms with Crippen LogP contribution >= 0.6 is 0 Å². The Kier molecular flexibility index (Phi) is 4.65. The van der Waals surface area contributed by atoms with Gasteiger partial charge in [0.25, 0.3) is 5.91 Å². The van der Waals surface area contributed by atoms with Crippen LogP contribution < -0.4 is 14.8 Å². The fourth-order valence-corrected chi connectivity index (χ4v) is 2.32. The summed E-state index contributed by atoms with van der Waals surface area (Å²) in [6, 6.07) is 16.0. The van der Waals surface area contributed by atoms with E-state index in [-0.39, 0.29) is 6.61 Å². The number of nitrogens with one attached hydrogen (secondary N) is 1. The van der Waals surface area contributed by atoms with Crippen LogP contribution in [0.2, 0.25) is 0 Å². The van der Waals surface area contributed by atoms with Crippen LogP contribution in [-0.4, -0.2) is 30.7 Å². The molecule has 0 bridgehead atoms. The van der Waals surface area contributed by atoms with Crippen molar-refractivity contribution in [3.63, 3.8) is 0 Å². The lowest BCUT2D eigenvalue weighted by atomic mass is 10.2. The summed E-state index contributed by atoms with van der Waals surface area (Å²) in [5.41, 5.74) is 0.637. The van der Waals surface area contributed by atoms with Gasteiger partial charge in [-0.05, 0) is 31.2 Å². The summed E-state index contributed by atoms with van der Waals surface area (Å²) in [5, 5.41) is 2.64. The van der Waals surface area contributed by atoms with Crippen LogP contribution in [0.3, 0.4) is 0 Å². The highest BCUT2D eigenvalue weighted by Gasteiger charge is 2.35. The van der Waals surface area contributed by atoms with Gasteiger partial charge in [-0.3, -0.25) is 4.79 Å². The summed E-state index contributed by atoms with van der Waals surface area (Å²) >= 11 is 0. The molecule has 0 radical (unpaired) electrons. The van der Waals surface area contributed by atoms with Crippen molar-refractivity contribution in [3.8, 4) is 11.5 Å². The van der Waals surface area contributed by atoms with E-state index >= 15 is 0 Å². The van der Waals surface area contributed by atoms with Crippen molar-refractivity contribution in [2.24, 2.45) is 0 Å². The number of carbonyl (C=O) groups is 2. The van der Waals surface area contributed by atoms with E-state index in [4.69, 9.17) is 14.2 Å². The second kappa shape index (κ2) is 7.04. The molecule has 2 unspecified atom stereocenters. The number of esters is 1. The molecule has 0 fully saturated rings. The van der Waals surface area contributed by atoms with Crippen molar-refractivity contribution in [1.29, 1.82) is 0 Å². The number of amides is 1. The lowest BCUT2D eigenvalue weighted by molar-refractivity contribution is -0.159. The SMILES string of the molecule is CC1Oc2ccccc2OC1C(=O)OCC(=O)Nc1ccccc1. The number of carbonyl (C=O) groups excluding carboxylic acids is 2. The number of para-hydroxylation sites is 3. The highest BCUT2D eigenvalue weighted by atomic mass is 16.6. The quantitative estimate of drug-likeness (QED) is 0.873. The highest BCUT2D eigenvalue weighted by Crippen LogP contribution is 2.33. The van der Waals surface area contributed by atoms with Crippen LogP contribution in [0.5, 0.6) is 11.5 Å². The van der Waals surface area contributed by atoms with Crippen molar-refractivity contribution < 1.29 is 23.8 Å². The van der Waals surface area contributed by atoms with Gasteiger partial charge in [0, 0.05) is 5.69 Å². The average Bonchev–Trinajstić information content (AvgIpc) is 2.60. The maximum absolute atomic E-state index is 12.2. The number of ether oxygens (including phenoxy) is 3. The molecule has 6 nitrogen and oxygen atoms in total. The predicted molar refractivity (Wildman–Crippen MR) is 87.0 cm³/mol. The Hall–Kier alpha value is -3.02. The number of fused-ring (bicyclic) bond motifs is 1. The second-order valence-corrected chi connectivity index (χ2v) is 5.33. The zero-order valence-corrected chi connectivity index (χ0v) is 13.1. The van der Waals surface area contributed by atoms with Crippen LogP contribution in [0.4, 0.5) is 5.69 Å². The maximum atomic E-state index is 12.2. The lowest BCUT2D eigenvalue weighted by Gasteiger charge is -2.30. The largest absolute Gasteiger partial charge is 0.482 e. The van der Waals surface area contributed by atoms with Gasteiger partial charge in [0.05, 0.1) is 0 Å². The van der Waals surface area contributed by atoms with Gasteiger partial charge in [0.1, 0.15) is 6.10 Å². The predicted octanol–water partition coefficient (Wildman–Crippen LogP) is 2.40. The average molecular weight is 327 g/mol. The molecule has 6 heteroatoms. The summed E-state index contributed by atoms with van der Waals surface area (Å²) in [7, 11) is 0. The van der Waals surface area contributed by atoms with E-state index in [0.29, 0.717) is 17.2 Å². The second-order valence-electron chi connectivity index (χ2n) is 5.33. The van der Waals surface area contributed by atoms with Gasteiger partial charge in [-0.2, -0.15) is 0 Å². The molecule has 0 spiro atoms. The molecule has 2 aromatic rings. The van der Waals surface area contributed by atoms with Crippen LogP contribution in [0.15, 0.2) is 54.6 Å². The standard InChI is InChI=1S/C18H17NO5/c1-12-17(24-15-10-6-5-9-14(15)23-12)18(21)22-11-16(20)19-13-7-3-2-4-8-13/h2-10,12,17H,11H2,1H3,(H,19,20). The first-order valence-electron chi connectivity index (χ1n) is 7.57. The van der Waals surface area contributed by atoms with Gasteiger partial charge in [0.15, 0.2) is 18.1 Å². The zero-order valence-electron chi connectivity index (χ0n) is 13.1. The lowest BCUT2D eigenvalue weighted by Crippen LogP contribution is -2.45. The van der Waals surface area contributed by atoms with Gasteiger partial charge in [-0.25, -0.2) is 4.79 Å². The third-order valence-electron chi connectivity index (χ3n) is 3.48. The number of rotatable bonds is 4. The molecule has 24 heavy (non-hydrogen) atoms. The Labute approximate surface area is 139 Å². The molecule has 0 aliphatic carbocycles. The fraction of sp³-hybridized carbons (Fsp3) is 0.222. The van der Waals surface area contributed by atoms with Gasteiger partial charge in [-0.1, -0.05) is 30.3 Å². The topological polar surface area (TPSA) is 73.9 Å². The Bertz CT molecular complexity index is 731. The molecule has 0 saturated heterocycles. The molecular weight excluding hydrogens is 310 g/mol. The minimum Gasteiger partial charge on any atom is -0.482 e. The Morgan fingerprint density at radius 1 is 1.00 bits per heavy atom. The summed E-state index contributed by atoms with van der Waals surface area (Å²) < 4.78 is 16.3. The van der Waals surface area contributed by atoms with Gasteiger partial charge >= 0.3 is 5.97 Å². The Balaban J connectivity index is 1.54. The van der Waals surface area contributed by atoms with E-state index in [1.807, 2.05) is 12.1 Å². The number of hydrogen-bond donors (Lipinski definition) is 1. The highest BCUT2D eigenvalue weighted by molar-refractivity contribution is 5.93. The van der Waals surface area contributed by atoms with Crippen LogP contribution in [0.25, 0.3) is 0 Å². The molecule has 1 amide bonds. The van der Waals surface area contributed by atoms with Crippen LogP contribution in [-0.2, 0) is 14.3 Å². The third kappa shape index (κ3) is 3.65. The van der Waals surface area contributed by atoms with Crippen LogP contribution in [0.1, 0.15) is 6.92 Å². The molecule has 2 aromatic carbocycles. The summed E-state index contributed by atoms with van der Waals surface area (Å²) in [6.45, 7) is 1.33. The summed E-state index contributed by atoms with van der Waals surface area (Å²) in [4.78, 5) is 24.0. The molecule has 3 rings (SSSR count). The molecule has 124 valence electrons. The Morgan fingerprint density at radius 3 is 2.33 bits per heavy atom. The summed E-state index contributed by atoms with van der Waals surface area (Å²) in [6.07, 6.45) is -1.42. The maximum Gasteiger partial charge on any atom is 0.351 e. The molecular formula is C18H17NO5. The van der Waals surface area contributed by atoms with Crippen molar-refractivity contribution in [2.45, 2.75) is 19.1 Å². The van der Waals surface area contributed by atoms with Gasteiger partial charge in [0.2, 0.25) is 6.10 Å². The summed E-state index contributed by atoms with van der Waals surface area (Å²) in [5.74, 6) is 0.00158. The smallest absolute Gasteiger partial charge is 0.351 e. The normalized spacial score (nSPS) is 18.5. The van der Waals surface area contributed by atoms with Crippen LogP contribution in [0, 0.1) is 0 Å². The first-order chi connectivity index (χ1) is 11.6. The fourth-order valence-electron chi connectivity index (χ4n) is 2.32. The third-order valence-corrected chi connectivity index (χ3v) is 3.48. The Morgan fingerprint density at radius 2 is 1.62 bits per heavy atom. The van der Waals surface area contributed by atoms with E-state index in [2.05, 4.69) is 5.32 Å². The zero-order chi connectivity index (χ0) is 16.9. The monoisotopic (exact) mass is 327 g/mol. The molecule has 1 aliphatic rings. The van der Waals surface area contributed by atoms with E-state index < -0.39 is 24.1 Å². The molecule has 0 aromatic heterocycles. The number of anilines is 1.